The van der Waals surface area contributed by atoms with Crippen LogP contribution in [-0.4, -0.2) is 22.6 Å². The minimum absolute atomic E-state index is 0.583. The molecule has 1 aromatic heterocycles. The van der Waals surface area contributed by atoms with Crippen molar-refractivity contribution >= 4 is 27.6 Å². The molecule has 1 aromatic rings. The van der Waals surface area contributed by atoms with E-state index < -0.39 is 0 Å². The molecular weight excluding hydrogens is 306 g/mol. The first-order chi connectivity index (χ1) is 9.13. The molecule has 1 aliphatic carbocycles. The molecule has 0 spiro atoms. The van der Waals surface area contributed by atoms with E-state index in [9.17, 15) is 0 Å². The second-order valence-electron chi connectivity index (χ2n) is 5.49. The number of hydrogen-bond acceptors (Lipinski definition) is 5. The van der Waals surface area contributed by atoms with Crippen LogP contribution in [0.25, 0.3) is 0 Å². The van der Waals surface area contributed by atoms with Crippen LogP contribution in [0, 0.1) is 5.92 Å². The van der Waals surface area contributed by atoms with Crippen molar-refractivity contribution < 1.29 is 0 Å². The maximum atomic E-state index is 5.49. The van der Waals surface area contributed by atoms with Crippen LogP contribution in [0.3, 0.4) is 0 Å². The molecule has 0 saturated heterocycles. The summed E-state index contributed by atoms with van der Waals surface area (Å²) in [5.74, 6) is 7.66. The van der Waals surface area contributed by atoms with Gasteiger partial charge in [-0.1, -0.05) is 26.7 Å². The molecule has 0 amide bonds. The number of nitrogens with one attached hydrogen (secondary N) is 1. The molecule has 19 heavy (non-hydrogen) atoms. The van der Waals surface area contributed by atoms with Crippen LogP contribution >= 0.6 is 15.9 Å². The number of aromatic nitrogens is 2. The van der Waals surface area contributed by atoms with Crippen molar-refractivity contribution in [3.05, 3.63) is 10.8 Å². The Morgan fingerprint density at radius 3 is 2.68 bits per heavy atom. The summed E-state index contributed by atoms with van der Waals surface area (Å²) in [6.07, 6.45) is 6.68. The van der Waals surface area contributed by atoms with Gasteiger partial charge in [-0.25, -0.2) is 15.8 Å². The van der Waals surface area contributed by atoms with Crippen molar-refractivity contribution in [2.75, 3.05) is 16.9 Å². The quantitative estimate of drug-likeness (QED) is 0.643. The molecule has 0 radical (unpaired) electrons. The third kappa shape index (κ3) is 3.36. The second-order valence-corrected chi connectivity index (χ2v) is 6.28. The highest BCUT2D eigenvalue weighted by Gasteiger charge is 2.26. The average molecular weight is 328 g/mol. The molecule has 1 fully saturated rings. The Hall–Kier alpha value is -0.880. The van der Waals surface area contributed by atoms with E-state index >= 15 is 0 Å². The maximum Gasteiger partial charge on any atom is 0.159 e. The molecule has 5 nitrogen and oxygen atoms in total. The molecule has 0 unspecified atom stereocenters. The summed E-state index contributed by atoms with van der Waals surface area (Å²) in [6.45, 7) is 5.47. The van der Waals surface area contributed by atoms with E-state index in [1.165, 1.54) is 25.7 Å². The van der Waals surface area contributed by atoms with Crippen molar-refractivity contribution in [3.8, 4) is 0 Å². The van der Waals surface area contributed by atoms with Crippen LogP contribution in [0.1, 0.15) is 39.5 Å². The van der Waals surface area contributed by atoms with Gasteiger partial charge in [0.05, 0.1) is 0 Å². The molecular formula is C13H22BrN5. The van der Waals surface area contributed by atoms with E-state index in [0.29, 0.717) is 17.8 Å². The summed E-state index contributed by atoms with van der Waals surface area (Å²) < 4.78 is 0.852. The summed E-state index contributed by atoms with van der Waals surface area (Å²) in [7, 11) is 0. The lowest BCUT2D eigenvalue weighted by atomic mass is 10.1. The monoisotopic (exact) mass is 327 g/mol. The molecule has 0 aromatic carbocycles. The van der Waals surface area contributed by atoms with Crippen molar-refractivity contribution in [3.63, 3.8) is 0 Å². The Balaban J connectivity index is 2.31. The van der Waals surface area contributed by atoms with Crippen molar-refractivity contribution in [2.24, 2.45) is 11.8 Å². The van der Waals surface area contributed by atoms with Gasteiger partial charge < -0.3 is 10.3 Å². The number of nitrogen functional groups attached to an aromatic ring is 1. The van der Waals surface area contributed by atoms with Gasteiger partial charge in [0.15, 0.2) is 5.82 Å². The zero-order chi connectivity index (χ0) is 13.8. The van der Waals surface area contributed by atoms with Crippen molar-refractivity contribution in [1.29, 1.82) is 0 Å². The Kier molecular flexibility index (Phi) is 4.99. The third-order valence-corrected chi connectivity index (χ3v) is 4.24. The lowest BCUT2D eigenvalue weighted by Crippen LogP contribution is -2.37. The van der Waals surface area contributed by atoms with Gasteiger partial charge in [-0.3, -0.25) is 0 Å². The lowest BCUT2D eigenvalue weighted by Gasteiger charge is -2.32. The fraction of sp³-hybridized carbons (Fsp3) is 0.692. The molecule has 3 N–H and O–H groups in total. The predicted molar refractivity (Wildman–Crippen MR) is 82.0 cm³/mol. The van der Waals surface area contributed by atoms with Crippen LogP contribution < -0.4 is 16.2 Å². The van der Waals surface area contributed by atoms with E-state index in [1.807, 2.05) is 0 Å². The molecule has 2 rings (SSSR count). The van der Waals surface area contributed by atoms with E-state index in [1.54, 1.807) is 6.33 Å². The molecule has 6 heteroatoms. The number of hydrazine groups is 1. The molecule has 0 atom stereocenters. The van der Waals surface area contributed by atoms with Gasteiger partial charge in [-0.2, -0.15) is 0 Å². The standard InChI is InChI=1S/C13H22BrN5/c1-9(2)7-19(10-5-3-4-6-10)13-11(14)12(18-15)16-8-17-13/h8-10H,3-7,15H2,1-2H3,(H,16,17,18). The van der Waals surface area contributed by atoms with Gasteiger partial charge in [-0.15, -0.1) is 0 Å². The summed E-state index contributed by atoms with van der Waals surface area (Å²) in [6, 6.07) is 0.583. The topological polar surface area (TPSA) is 67.1 Å². The van der Waals surface area contributed by atoms with Crippen LogP contribution in [0.5, 0.6) is 0 Å². The zero-order valence-corrected chi connectivity index (χ0v) is 13.2. The number of nitrogens with two attached hydrogens (primary N) is 1. The van der Waals surface area contributed by atoms with Gasteiger partial charge >= 0.3 is 0 Å². The first kappa shape index (κ1) is 14.5. The highest BCUT2D eigenvalue weighted by Crippen LogP contribution is 2.34. The first-order valence-electron chi connectivity index (χ1n) is 6.87. The van der Waals surface area contributed by atoms with E-state index in [-0.39, 0.29) is 0 Å². The van der Waals surface area contributed by atoms with Crippen LogP contribution in [0.2, 0.25) is 0 Å². The lowest BCUT2D eigenvalue weighted by molar-refractivity contribution is 0.530. The largest absolute Gasteiger partial charge is 0.352 e. The molecule has 1 heterocycles. The maximum absolute atomic E-state index is 5.49. The van der Waals surface area contributed by atoms with Crippen LogP contribution in [0.4, 0.5) is 11.6 Å². The molecule has 1 aliphatic rings. The SMILES string of the molecule is CC(C)CN(c1ncnc(NN)c1Br)C1CCCC1. The Bertz CT molecular complexity index is 417. The smallest absolute Gasteiger partial charge is 0.159 e. The minimum Gasteiger partial charge on any atom is -0.352 e. The van der Waals surface area contributed by atoms with Crippen molar-refractivity contribution in [1.82, 2.24) is 9.97 Å². The number of halogens is 1. The number of nitrogens with zero attached hydrogens (tertiary/aromatic N) is 3. The fourth-order valence-corrected chi connectivity index (χ4v) is 3.23. The van der Waals surface area contributed by atoms with E-state index in [0.717, 1.165) is 16.8 Å². The molecule has 106 valence electrons. The Morgan fingerprint density at radius 1 is 1.42 bits per heavy atom. The van der Waals surface area contributed by atoms with Crippen LogP contribution in [-0.2, 0) is 0 Å². The average Bonchev–Trinajstić information content (AvgIpc) is 2.90. The summed E-state index contributed by atoms with van der Waals surface area (Å²) in [4.78, 5) is 11.0. The third-order valence-electron chi connectivity index (χ3n) is 3.51. The molecule has 0 bridgehead atoms. The van der Waals surface area contributed by atoms with E-state index in [2.05, 4.69) is 50.1 Å². The number of anilines is 2. The molecule has 1 saturated carbocycles. The van der Waals surface area contributed by atoms with E-state index in [4.69, 9.17) is 5.84 Å². The number of rotatable bonds is 5. The normalized spacial score (nSPS) is 16.1. The predicted octanol–water partition coefficient (Wildman–Crippen LogP) is 2.93. The Morgan fingerprint density at radius 2 is 2.11 bits per heavy atom. The van der Waals surface area contributed by atoms with Crippen LogP contribution in [0.15, 0.2) is 10.8 Å². The summed E-state index contributed by atoms with van der Waals surface area (Å²) in [5, 5.41) is 0. The second kappa shape index (κ2) is 6.52. The highest BCUT2D eigenvalue weighted by molar-refractivity contribution is 9.10. The first-order valence-corrected chi connectivity index (χ1v) is 7.66. The van der Waals surface area contributed by atoms with Crippen molar-refractivity contribution in [2.45, 2.75) is 45.6 Å². The fourth-order valence-electron chi connectivity index (χ4n) is 2.68. The zero-order valence-electron chi connectivity index (χ0n) is 11.6. The highest BCUT2D eigenvalue weighted by atomic mass is 79.9. The molecule has 0 aliphatic heterocycles. The summed E-state index contributed by atoms with van der Waals surface area (Å²) >= 11 is 3.57. The van der Waals surface area contributed by atoms with Gasteiger partial charge in [0.2, 0.25) is 0 Å². The van der Waals surface area contributed by atoms with Gasteiger partial charge in [0, 0.05) is 12.6 Å². The van der Waals surface area contributed by atoms with Gasteiger partial charge in [0.25, 0.3) is 0 Å². The number of hydrogen-bond donors (Lipinski definition) is 2. The van der Waals surface area contributed by atoms with Gasteiger partial charge in [0.1, 0.15) is 16.6 Å². The Labute approximate surface area is 123 Å². The van der Waals surface area contributed by atoms with Gasteiger partial charge in [-0.05, 0) is 34.7 Å². The minimum atomic E-state index is 0.583. The summed E-state index contributed by atoms with van der Waals surface area (Å²) in [5.41, 5.74) is 2.61.